The standard InChI is InChI=1S/C13H20N3O2S.HI/c1-6-16-10(2)15(5)13-9-11(7-8-12(13)16)19(17,18)14(3)4;/h7-9H,6H2,1-5H3;1H/q+1;/p-1. The van der Waals surface area contributed by atoms with Crippen molar-refractivity contribution >= 4 is 21.1 Å². The fraction of sp³-hybridized carbons (Fsp3) is 0.462. The molecule has 0 bridgehead atoms. The third-order valence-corrected chi connectivity index (χ3v) is 5.38. The zero-order chi connectivity index (χ0) is 14.4. The Morgan fingerprint density at radius 2 is 1.90 bits per heavy atom. The molecular formula is C13H20IN3O2S. The molecule has 5 nitrogen and oxygen atoms in total. The monoisotopic (exact) mass is 409 g/mol. The van der Waals surface area contributed by atoms with Gasteiger partial charge < -0.3 is 24.0 Å². The number of fused-ring (bicyclic) bond motifs is 1. The van der Waals surface area contributed by atoms with Crippen molar-refractivity contribution in [2.45, 2.75) is 25.3 Å². The molecule has 0 saturated heterocycles. The number of aromatic nitrogens is 2. The van der Waals surface area contributed by atoms with Crippen molar-refractivity contribution in [1.82, 2.24) is 8.87 Å². The van der Waals surface area contributed by atoms with Crippen molar-refractivity contribution < 1.29 is 37.0 Å². The van der Waals surface area contributed by atoms with Gasteiger partial charge in [0.1, 0.15) is 0 Å². The van der Waals surface area contributed by atoms with Gasteiger partial charge in [-0.05, 0) is 19.1 Å². The highest BCUT2D eigenvalue weighted by atomic mass is 127. The number of nitrogens with zero attached hydrogens (tertiary/aromatic N) is 3. The van der Waals surface area contributed by atoms with Crippen LogP contribution in [0.3, 0.4) is 0 Å². The fourth-order valence-electron chi connectivity index (χ4n) is 2.30. The highest BCUT2D eigenvalue weighted by Gasteiger charge is 2.23. The fourth-order valence-corrected chi connectivity index (χ4v) is 3.22. The zero-order valence-corrected chi connectivity index (χ0v) is 15.4. The summed E-state index contributed by atoms with van der Waals surface area (Å²) in [7, 11) is 1.66. The maximum atomic E-state index is 12.2. The van der Waals surface area contributed by atoms with Crippen LogP contribution in [0.5, 0.6) is 0 Å². The third kappa shape index (κ3) is 2.58. The number of halogens is 1. The predicted molar refractivity (Wildman–Crippen MR) is 74.4 cm³/mol. The second kappa shape index (κ2) is 5.98. The number of rotatable bonds is 3. The van der Waals surface area contributed by atoms with Crippen LogP contribution in [0.4, 0.5) is 0 Å². The molecule has 0 aliphatic rings. The Morgan fingerprint density at radius 1 is 1.30 bits per heavy atom. The molecule has 1 aromatic carbocycles. The van der Waals surface area contributed by atoms with Crippen LogP contribution in [-0.2, 0) is 23.6 Å². The van der Waals surface area contributed by atoms with Crippen molar-refractivity contribution in [2.24, 2.45) is 7.05 Å². The molecule has 0 aliphatic carbocycles. The van der Waals surface area contributed by atoms with Gasteiger partial charge in [-0.3, -0.25) is 0 Å². The molecule has 0 radical (unpaired) electrons. The summed E-state index contributed by atoms with van der Waals surface area (Å²) in [4.78, 5) is 0.328. The van der Waals surface area contributed by atoms with E-state index >= 15 is 0 Å². The minimum atomic E-state index is -3.38. The first-order valence-corrected chi connectivity index (χ1v) is 7.66. The van der Waals surface area contributed by atoms with Gasteiger partial charge >= 0.3 is 0 Å². The molecule has 0 spiro atoms. The number of imidazole rings is 1. The Kier molecular flexibility index (Phi) is 5.20. The Morgan fingerprint density at radius 3 is 2.40 bits per heavy atom. The first-order valence-electron chi connectivity index (χ1n) is 6.22. The van der Waals surface area contributed by atoms with Crippen molar-refractivity contribution in [3.05, 3.63) is 24.0 Å². The third-order valence-electron chi connectivity index (χ3n) is 3.57. The summed E-state index contributed by atoms with van der Waals surface area (Å²) in [6.45, 7) is 4.98. The van der Waals surface area contributed by atoms with E-state index in [1.54, 1.807) is 26.2 Å². The number of sulfonamides is 1. The number of hydrogen-bond acceptors (Lipinski definition) is 2. The zero-order valence-electron chi connectivity index (χ0n) is 12.4. The van der Waals surface area contributed by atoms with E-state index in [9.17, 15) is 8.42 Å². The van der Waals surface area contributed by atoms with Crippen LogP contribution >= 0.6 is 0 Å². The van der Waals surface area contributed by atoms with Crippen molar-refractivity contribution in [1.29, 1.82) is 0 Å². The highest BCUT2D eigenvalue weighted by Crippen LogP contribution is 2.20. The molecule has 0 fully saturated rings. The van der Waals surface area contributed by atoms with Crippen LogP contribution in [0.25, 0.3) is 11.0 Å². The van der Waals surface area contributed by atoms with E-state index in [-0.39, 0.29) is 24.0 Å². The largest absolute Gasteiger partial charge is 1.00 e. The quantitative estimate of drug-likeness (QED) is 0.437. The first kappa shape index (κ1) is 17.4. The van der Waals surface area contributed by atoms with Gasteiger partial charge in [-0.1, -0.05) is 0 Å². The normalized spacial score (nSPS) is 11.9. The predicted octanol–water partition coefficient (Wildman–Crippen LogP) is -1.95. The lowest BCUT2D eigenvalue weighted by molar-refractivity contribution is -0.674. The lowest BCUT2D eigenvalue weighted by Crippen LogP contribution is -3.00. The van der Waals surface area contributed by atoms with Gasteiger partial charge in [0, 0.05) is 27.1 Å². The molecule has 0 aliphatic heterocycles. The summed E-state index contributed by atoms with van der Waals surface area (Å²) >= 11 is 0. The van der Waals surface area contributed by atoms with Gasteiger partial charge in [0.25, 0.3) is 5.82 Å². The molecule has 112 valence electrons. The Labute approximate surface area is 137 Å². The summed E-state index contributed by atoms with van der Waals surface area (Å²) < 4.78 is 29.7. The summed E-state index contributed by atoms with van der Waals surface area (Å²) in [6.07, 6.45) is 0. The van der Waals surface area contributed by atoms with E-state index in [1.807, 2.05) is 24.6 Å². The molecule has 0 amide bonds. The summed E-state index contributed by atoms with van der Waals surface area (Å²) in [6, 6.07) is 5.29. The molecule has 7 heteroatoms. The SMILES string of the molecule is CC[n+]1c(C)n(C)c2cc(S(=O)(=O)N(C)C)ccc21.[I-]. The van der Waals surface area contributed by atoms with Gasteiger partial charge in [0.05, 0.1) is 18.5 Å². The van der Waals surface area contributed by atoms with E-state index in [0.29, 0.717) is 4.90 Å². The van der Waals surface area contributed by atoms with E-state index in [4.69, 9.17) is 0 Å². The van der Waals surface area contributed by atoms with E-state index in [1.165, 1.54) is 4.31 Å². The van der Waals surface area contributed by atoms with Crippen molar-refractivity contribution in [2.75, 3.05) is 14.1 Å². The first-order chi connectivity index (χ1) is 8.80. The van der Waals surface area contributed by atoms with Crippen LogP contribution < -0.4 is 28.5 Å². The van der Waals surface area contributed by atoms with E-state index in [0.717, 1.165) is 23.4 Å². The molecule has 1 heterocycles. The van der Waals surface area contributed by atoms with Crippen LogP contribution in [0, 0.1) is 6.92 Å². The van der Waals surface area contributed by atoms with E-state index < -0.39 is 10.0 Å². The summed E-state index contributed by atoms with van der Waals surface area (Å²) in [5, 5.41) is 0. The average Bonchev–Trinajstić information content (AvgIpc) is 2.61. The molecule has 0 unspecified atom stereocenters. The topological polar surface area (TPSA) is 46.2 Å². The molecular weight excluding hydrogens is 389 g/mol. The second-order valence-electron chi connectivity index (χ2n) is 4.79. The summed E-state index contributed by atoms with van der Waals surface area (Å²) in [5.41, 5.74) is 1.99. The average molecular weight is 409 g/mol. The molecule has 2 aromatic rings. The van der Waals surface area contributed by atoms with Crippen LogP contribution in [-0.4, -0.2) is 31.4 Å². The minimum Gasteiger partial charge on any atom is -1.00 e. The Balaban J connectivity index is 0.00000200. The lowest BCUT2D eigenvalue weighted by atomic mass is 10.3. The van der Waals surface area contributed by atoms with Gasteiger partial charge in [0.2, 0.25) is 10.0 Å². The van der Waals surface area contributed by atoms with Crippen LogP contribution in [0.1, 0.15) is 12.7 Å². The van der Waals surface area contributed by atoms with Crippen molar-refractivity contribution in [3.63, 3.8) is 0 Å². The molecule has 2 rings (SSSR count). The lowest BCUT2D eigenvalue weighted by Gasteiger charge is -2.10. The Bertz CT molecular complexity index is 736. The molecule has 20 heavy (non-hydrogen) atoms. The number of benzene rings is 1. The van der Waals surface area contributed by atoms with Crippen molar-refractivity contribution in [3.8, 4) is 0 Å². The van der Waals surface area contributed by atoms with Crippen LogP contribution in [0.15, 0.2) is 23.1 Å². The molecule has 0 saturated carbocycles. The maximum absolute atomic E-state index is 12.2. The molecule has 1 aromatic heterocycles. The van der Waals surface area contributed by atoms with E-state index in [2.05, 4.69) is 11.5 Å². The molecule has 0 N–H and O–H groups in total. The number of aryl methyl sites for hydroxylation is 2. The Hall–Kier alpha value is -0.670. The maximum Gasteiger partial charge on any atom is 0.253 e. The summed E-state index contributed by atoms with van der Waals surface area (Å²) in [5.74, 6) is 1.11. The van der Waals surface area contributed by atoms with Gasteiger partial charge in [-0.2, -0.15) is 0 Å². The smallest absolute Gasteiger partial charge is 0.253 e. The highest BCUT2D eigenvalue weighted by molar-refractivity contribution is 7.89. The van der Waals surface area contributed by atoms with Gasteiger partial charge in [-0.15, -0.1) is 0 Å². The minimum absolute atomic E-state index is 0. The van der Waals surface area contributed by atoms with Gasteiger partial charge in [0.15, 0.2) is 11.0 Å². The van der Waals surface area contributed by atoms with Gasteiger partial charge in [-0.25, -0.2) is 21.9 Å². The van der Waals surface area contributed by atoms with Crippen LogP contribution in [0.2, 0.25) is 0 Å². The molecule has 0 atom stereocenters. The number of hydrogen-bond donors (Lipinski definition) is 0. The second-order valence-corrected chi connectivity index (χ2v) is 6.94.